The lowest BCUT2D eigenvalue weighted by Gasteiger charge is -2.23. The van der Waals surface area contributed by atoms with Crippen LogP contribution in [0.1, 0.15) is 46.0 Å². The van der Waals surface area contributed by atoms with E-state index in [1.165, 1.54) is 5.69 Å². The third-order valence-electron chi connectivity index (χ3n) is 2.49. The molecule has 1 aromatic rings. The van der Waals surface area contributed by atoms with Gasteiger partial charge in [0.15, 0.2) is 0 Å². The minimum Gasteiger partial charge on any atom is -0.330 e. The van der Waals surface area contributed by atoms with E-state index >= 15 is 0 Å². The molecule has 0 saturated heterocycles. The number of rotatable bonds is 4. The summed E-state index contributed by atoms with van der Waals surface area (Å²) in [6.07, 6.45) is 1.95. The zero-order valence-electron chi connectivity index (χ0n) is 11.2. The zero-order chi connectivity index (χ0) is 12.3. The maximum absolute atomic E-state index is 5.58. The normalized spacial score (nSPS) is 12.4. The predicted molar refractivity (Wildman–Crippen MR) is 68.5 cm³/mol. The summed E-state index contributed by atoms with van der Waals surface area (Å²) in [7, 11) is 0. The van der Waals surface area contributed by atoms with Crippen LogP contribution in [0, 0.1) is 5.92 Å². The highest BCUT2D eigenvalue weighted by Gasteiger charge is 2.19. The standard InChI is InChI=1S/C13H25N3/c1-10(2)8-12-9-11(6-7-14)15-16(12)13(3,4)5/h9-10H,6-8,14H2,1-5H3. The van der Waals surface area contributed by atoms with Gasteiger partial charge in [0.25, 0.3) is 0 Å². The minimum absolute atomic E-state index is 0.0527. The Labute approximate surface area is 99.0 Å². The molecule has 0 saturated carbocycles. The topological polar surface area (TPSA) is 43.8 Å². The smallest absolute Gasteiger partial charge is 0.0640 e. The second kappa shape index (κ2) is 5.00. The molecule has 0 atom stereocenters. The summed E-state index contributed by atoms with van der Waals surface area (Å²) in [6, 6.07) is 2.21. The molecule has 16 heavy (non-hydrogen) atoms. The van der Waals surface area contributed by atoms with Crippen LogP contribution in [0.25, 0.3) is 0 Å². The highest BCUT2D eigenvalue weighted by molar-refractivity contribution is 5.13. The van der Waals surface area contributed by atoms with E-state index in [1.54, 1.807) is 0 Å². The Kier molecular flexibility index (Phi) is 4.14. The SMILES string of the molecule is CC(C)Cc1cc(CCN)nn1C(C)(C)C. The molecule has 1 aromatic heterocycles. The van der Waals surface area contributed by atoms with E-state index in [0.717, 1.165) is 18.5 Å². The molecule has 0 aliphatic carbocycles. The third kappa shape index (κ3) is 3.34. The Hall–Kier alpha value is -0.830. The maximum atomic E-state index is 5.58. The summed E-state index contributed by atoms with van der Waals surface area (Å²) in [5.74, 6) is 0.656. The number of hydrogen-bond donors (Lipinski definition) is 1. The molecule has 0 aliphatic heterocycles. The molecule has 3 nitrogen and oxygen atoms in total. The molecule has 92 valence electrons. The van der Waals surface area contributed by atoms with E-state index < -0.39 is 0 Å². The molecule has 0 aliphatic rings. The molecule has 0 amide bonds. The number of nitrogens with zero attached hydrogens (tertiary/aromatic N) is 2. The highest BCUT2D eigenvalue weighted by Crippen LogP contribution is 2.20. The van der Waals surface area contributed by atoms with Crippen LogP contribution in [-0.2, 0) is 18.4 Å². The van der Waals surface area contributed by atoms with Crippen molar-refractivity contribution in [3.8, 4) is 0 Å². The number of nitrogens with two attached hydrogens (primary N) is 1. The van der Waals surface area contributed by atoms with Gasteiger partial charge in [0.2, 0.25) is 0 Å². The van der Waals surface area contributed by atoms with Crippen LogP contribution in [0.15, 0.2) is 6.07 Å². The van der Waals surface area contributed by atoms with Gasteiger partial charge < -0.3 is 5.73 Å². The second-order valence-electron chi connectivity index (χ2n) is 5.85. The molecule has 0 bridgehead atoms. The van der Waals surface area contributed by atoms with E-state index in [-0.39, 0.29) is 5.54 Å². The van der Waals surface area contributed by atoms with Gasteiger partial charge in [0, 0.05) is 12.1 Å². The number of aromatic nitrogens is 2. The van der Waals surface area contributed by atoms with Gasteiger partial charge in [-0.1, -0.05) is 13.8 Å². The molecule has 0 aromatic carbocycles. The fraction of sp³-hybridized carbons (Fsp3) is 0.769. The van der Waals surface area contributed by atoms with Crippen molar-refractivity contribution in [1.82, 2.24) is 9.78 Å². The molecule has 1 rings (SSSR count). The Morgan fingerprint density at radius 2 is 2.00 bits per heavy atom. The first-order chi connectivity index (χ1) is 7.34. The van der Waals surface area contributed by atoms with Crippen molar-refractivity contribution in [2.24, 2.45) is 11.7 Å². The fourth-order valence-electron chi connectivity index (χ4n) is 1.89. The Morgan fingerprint density at radius 3 is 2.44 bits per heavy atom. The van der Waals surface area contributed by atoms with E-state index in [0.29, 0.717) is 12.5 Å². The van der Waals surface area contributed by atoms with Gasteiger partial charge in [-0.05, 0) is 45.7 Å². The van der Waals surface area contributed by atoms with Crippen molar-refractivity contribution >= 4 is 0 Å². The van der Waals surface area contributed by atoms with Crippen molar-refractivity contribution in [3.63, 3.8) is 0 Å². The first-order valence-corrected chi connectivity index (χ1v) is 6.13. The van der Waals surface area contributed by atoms with E-state index in [4.69, 9.17) is 5.73 Å². The quantitative estimate of drug-likeness (QED) is 0.851. The average molecular weight is 223 g/mol. The van der Waals surface area contributed by atoms with Crippen LogP contribution < -0.4 is 5.73 Å². The van der Waals surface area contributed by atoms with Crippen LogP contribution in [-0.4, -0.2) is 16.3 Å². The third-order valence-corrected chi connectivity index (χ3v) is 2.49. The van der Waals surface area contributed by atoms with Gasteiger partial charge in [-0.25, -0.2) is 0 Å². The van der Waals surface area contributed by atoms with Crippen molar-refractivity contribution in [3.05, 3.63) is 17.5 Å². The molecule has 1 heterocycles. The van der Waals surface area contributed by atoms with Crippen molar-refractivity contribution in [2.75, 3.05) is 6.54 Å². The Balaban J connectivity index is 3.02. The van der Waals surface area contributed by atoms with Crippen LogP contribution in [0.2, 0.25) is 0 Å². The van der Waals surface area contributed by atoms with Gasteiger partial charge in [0.1, 0.15) is 0 Å². The molecule has 0 spiro atoms. The molecule has 0 fully saturated rings. The Bertz CT molecular complexity index is 331. The summed E-state index contributed by atoms with van der Waals surface area (Å²) >= 11 is 0. The summed E-state index contributed by atoms with van der Waals surface area (Å²) in [6.45, 7) is 11.7. The van der Waals surface area contributed by atoms with Crippen molar-refractivity contribution in [1.29, 1.82) is 0 Å². The predicted octanol–water partition coefficient (Wildman–Crippen LogP) is 2.34. The fourth-order valence-corrected chi connectivity index (χ4v) is 1.89. The minimum atomic E-state index is 0.0527. The van der Waals surface area contributed by atoms with Gasteiger partial charge >= 0.3 is 0 Å². The van der Waals surface area contributed by atoms with Crippen LogP contribution >= 0.6 is 0 Å². The van der Waals surface area contributed by atoms with Gasteiger partial charge in [-0.2, -0.15) is 5.10 Å². The molecule has 0 unspecified atom stereocenters. The highest BCUT2D eigenvalue weighted by atomic mass is 15.3. The Morgan fingerprint density at radius 1 is 1.38 bits per heavy atom. The lowest BCUT2D eigenvalue weighted by Crippen LogP contribution is -2.26. The molecule has 3 heteroatoms. The van der Waals surface area contributed by atoms with Crippen molar-refractivity contribution in [2.45, 2.75) is 53.0 Å². The van der Waals surface area contributed by atoms with E-state index in [2.05, 4.69) is 50.5 Å². The molecular weight excluding hydrogens is 198 g/mol. The van der Waals surface area contributed by atoms with Crippen LogP contribution in [0.3, 0.4) is 0 Å². The van der Waals surface area contributed by atoms with Crippen LogP contribution in [0.5, 0.6) is 0 Å². The molecule has 0 radical (unpaired) electrons. The lowest BCUT2D eigenvalue weighted by molar-refractivity contribution is 0.336. The summed E-state index contributed by atoms with van der Waals surface area (Å²) in [4.78, 5) is 0. The largest absolute Gasteiger partial charge is 0.330 e. The van der Waals surface area contributed by atoms with Crippen molar-refractivity contribution < 1.29 is 0 Å². The molecule has 2 N–H and O–H groups in total. The van der Waals surface area contributed by atoms with Gasteiger partial charge in [-0.3, -0.25) is 4.68 Å². The van der Waals surface area contributed by atoms with Gasteiger partial charge in [0.05, 0.1) is 11.2 Å². The first kappa shape index (κ1) is 13.2. The summed E-state index contributed by atoms with van der Waals surface area (Å²) < 4.78 is 2.15. The average Bonchev–Trinajstić information content (AvgIpc) is 2.46. The summed E-state index contributed by atoms with van der Waals surface area (Å²) in [5.41, 5.74) is 8.08. The van der Waals surface area contributed by atoms with Gasteiger partial charge in [-0.15, -0.1) is 0 Å². The zero-order valence-corrected chi connectivity index (χ0v) is 11.2. The van der Waals surface area contributed by atoms with Crippen LogP contribution in [0.4, 0.5) is 0 Å². The summed E-state index contributed by atoms with van der Waals surface area (Å²) in [5, 5.41) is 4.66. The monoisotopic (exact) mass is 223 g/mol. The second-order valence-corrected chi connectivity index (χ2v) is 5.85. The van der Waals surface area contributed by atoms with E-state index in [1.807, 2.05) is 0 Å². The molecular formula is C13H25N3. The number of hydrogen-bond acceptors (Lipinski definition) is 2. The van der Waals surface area contributed by atoms with E-state index in [9.17, 15) is 0 Å². The first-order valence-electron chi connectivity index (χ1n) is 6.13. The lowest BCUT2D eigenvalue weighted by atomic mass is 10.0. The maximum Gasteiger partial charge on any atom is 0.0640 e.